The van der Waals surface area contributed by atoms with Crippen LogP contribution in [0.15, 0.2) is 29.3 Å². The first-order valence-corrected chi connectivity index (χ1v) is 11.7. The Hall–Kier alpha value is -1.59. The van der Waals surface area contributed by atoms with Crippen LogP contribution in [0.5, 0.6) is 0 Å². The third-order valence-electron chi connectivity index (χ3n) is 8.03. The molecule has 1 aliphatic carbocycles. The molecule has 4 aliphatic rings. The van der Waals surface area contributed by atoms with Crippen LogP contribution in [-0.4, -0.2) is 62.8 Å². The molecule has 0 aromatic heterocycles. The second-order valence-corrected chi connectivity index (χ2v) is 9.52. The molecule has 5 rings (SSSR count). The Kier molecular flexibility index (Phi) is 5.29. The number of anilines is 1. The molecule has 3 fully saturated rings. The fraction of sp³-hybridized carbons (Fsp3) is 0.708. The number of guanidine groups is 1. The fourth-order valence-corrected chi connectivity index (χ4v) is 6.39. The van der Waals surface area contributed by atoms with Gasteiger partial charge in [-0.15, -0.1) is 0 Å². The highest BCUT2D eigenvalue weighted by Crippen LogP contribution is 2.50. The Bertz CT molecular complexity index is 743. The quantitative estimate of drug-likeness (QED) is 0.627. The Morgan fingerprint density at radius 2 is 1.76 bits per heavy atom. The summed E-state index contributed by atoms with van der Waals surface area (Å²) < 4.78 is 5.73. The van der Waals surface area contributed by atoms with E-state index in [1.54, 1.807) is 5.56 Å². The number of ether oxygens (including phenoxy) is 1. The van der Waals surface area contributed by atoms with Crippen LogP contribution >= 0.6 is 0 Å². The number of benzene rings is 1. The van der Waals surface area contributed by atoms with Crippen LogP contribution in [0.25, 0.3) is 0 Å². The largest absolute Gasteiger partial charge is 0.381 e. The van der Waals surface area contributed by atoms with Crippen molar-refractivity contribution in [2.75, 3.05) is 51.3 Å². The lowest BCUT2D eigenvalue weighted by Crippen LogP contribution is -2.59. The Morgan fingerprint density at radius 3 is 2.48 bits per heavy atom. The Morgan fingerprint density at radius 1 is 1.03 bits per heavy atom. The monoisotopic (exact) mass is 396 g/mol. The van der Waals surface area contributed by atoms with Crippen molar-refractivity contribution in [2.24, 2.45) is 4.99 Å². The topological polar surface area (TPSA) is 40.1 Å². The maximum absolute atomic E-state index is 5.73. The van der Waals surface area contributed by atoms with E-state index in [1.165, 1.54) is 57.3 Å². The Balaban J connectivity index is 1.37. The highest BCUT2D eigenvalue weighted by atomic mass is 16.5. The molecule has 1 aromatic carbocycles. The molecule has 0 atom stereocenters. The number of nitrogens with zero attached hydrogens (tertiary/aromatic N) is 3. The zero-order chi connectivity index (χ0) is 19.7. The first-order chi connectivity index (χ1) is 14.3. The predicted molar refractivity (Wildman–Crippen MR) is 119 cm³/mol. The minimum atomic E-state index is 0.217. The molecule has 0 unspecified atom stereocenters. The lowest BCUT2D eigenvalue weighted by atomic mass is 9.81. The first kappa shape index (κ1) is 19.4. The lowest BCUT2D eigenvalue weighted by molar-refractivity contribution is -0.0163. The third-order valence-corrected chi connectivity index (χ3v) is 8.03. The van der Waals surface area contributed by atoms with Crippen molar-refractivity contribution in [3.05, 3.63) is 29.8 Å². The van der Waals surface area contributed by atoms with Crippen molar-refractivity contribution < 1.29 is 4.74 Å². The van der Waals surface area contributed by atoms with Gasteiger partial charge in [0, 0.05) is 50.0 Å². The van der Waals surface area contributed by atoms with Gasteiger partial charge in [-0.25, -0.2) is 0 Å². The van der Waals surface area contributed by atoms with Crippen molar-refractivity contribution in [3.8, 4) is 0 Å². The van der Waals surface area contributed by atoms with Gasteiger partial charge >= 0.3 is 0 Å². The van der Waals surface area contributed by atoms with Crippen LogP contribution in [-0.2, 0) is 10.2 Å². The summed E-state index contributed by atoms with van der Waals surface area (Å²) in [5.74, 6) is 1.05. The van der Waals surface area contributed by atoms with Crippen LogP contribution in [0.3, 0.4) is 0 Å². The lowest BCUT2D eigenvalue weighted by Gasteiger charge is -2.45. The van der Waals surface area contributed by atoms with Gasteiger partial charge in [0.25, 0.3) is 0 Å². The highest BCUT2D eigenvalue weighted by molar-refractivity contribution is 5.98. The van der Waals surface area contributed by atoms with Gasteiger partial charge in [-0.05, 0) is 63.2 Å². The molecule has 0 radical (unpaired) electrons. The zero-order valence-electron chi connectivity index (χ0n) is 18.0. The average molecular weight is 397 g/mol. The van der Waals surface area contributed by atoms with E-state index >= 15 is 0 Å². The van der Waals surface area contributed by atoms with Gasteiger partial charge in [-0.1, -0.05) is 31.0 Å². The minimum Gasteiger partial charge on any atom is -0.381 e. The maximum atomic E-state index is 5.73. The molecule has 3 aliphatic heterocycles. The molecule has 1 aromatic rings. The van der Waals surface area contributed by atoms with E-state index in [1.807, 2.05) is 7.05 Å². The summed E-state index contributed by atoms with van der Waals surface area (Å²) in [4.78, 5) is 9.95. The molecule has 5 nitrogen and oxygen atoms in total. The van der Waals surface area contributed by atoms with E-state index in [9.17, 15) is 0 Å². The summed E-state index contributed by atoms with van der Waals surface area (Å²) in [7, 11) is 1.94. The summed E-state index contributed by atoms with van der Waals surface area (Å²) in [6.45, 7) is 6.27. The van der Waals surface area contributed by atoms with Crippen molar-refractivity contribution in [2.45, 2.75) is 62.3 Å². The molecule has 3 heterocycles. The van der Waals surface area contributed by atoms with E-state index in [-0.39, 0.29) is 5.54 Å². The van der Waals surface area contributed by atoms with Crippen molar-refractivity contribution in [3.63, 3.8) is 0 Å². The number of likely N-dealkylation sites (tertiary alicyclic amines) is 1. The SMILES string of the molecule is CN=C(NCC1(N2CCCC2)CCOCC1)N1CC2(CCCC2)c2ccccc21. The van der Waals surface area contributed by atoms with Crippen LogP contribution < -0.4 is 10.2 Å². The number of para-hydroxylation sites is 1. The molecule has 2 saturated heterocycles. The predicted octanol–water partition coefficient (Wildman–Crippen LogP) is 3.54. The van der Waals surface area contributed by atoms with E-state index in [0.29, 0.717) is 5.41 Å². The van der Waals surface area contributed by atoms with E-state index in [2.05, 4.69) is 39.4 Å². The van der Waals surface area contributed by atoms with Crippen molar-refractivity contribution >= 4 is 11.6 Å². The van der Waals surface area contributed by atoms with Gasteiger partial charge in [0.1, 0.15) is 0 Å². The number of aliphatic imine (C=N–C) groups is 1. The second kappa shape index (κ2) is 7.92. The molecule has 0 bridgehead atoms. The number of rotatable bonds is 3. The normalized spacial score (nSPS) is 26.2. The smallest absolute Gasteiger partial charge is 0.198 e. The summed E-state index contributed by atoms with van der Waals surface area (Å²) >= 11 is 0. The molecular weight excluding hydrogens is 360 g/mol. The second-order valence-electron chi connectivity index (χ2n) is 9.52. The van der Waals surface area contributed by atoms with E-state index in [0.717, 1.165) is 45.1 Å². The first-order valence-electron chi connectivity index (χ1n) is 11.7. The number of fused-ring (bicyclic) bond motifs is 2. The van der Waals surface area contributed by atoms with E-state index < -0.39 is 0 Å². The summed E-state index contributed by atoms with van der Waals surface area (Å²) in [5.41, 5.74) is 3.46. The van der Waals surface area contributed by atoms with Crippen LogP contribution in [0, 0.1) is 0 Å². The summed E-state index contributed by atoms with van der Waals surface area (Å²) in [6, 6.07) is 9.04. The van der Waals surface area contributed by atoms with Gasteiger partial charge in [0.05, 0.1) is 0 Å². The molecule has 5 heteroatoms. The summed E-state index contributed by atoms with van der Waals surface area (Å²) in [6.07, 6.45) is 10.2. The zero-order valence-corrected chi connectivity index (χ0v) is 18.0. The Labute approximate surface area is 175 Å². The van der Waals surface area contributed by atoms with Gasteiger partial charge in [-0.3, -0.25) is 9.89 Å². The highest BCUT2D eigenvalue weighted by Gasteiger charge is 2.46. The molecule has 29 heavy (non-hydrogen) atoms. The van der Waals surface area contributed by atoms with Gasteiger partial charge in [0.15, 0.2) is 5.96 Å². The van der Waals surface area contributed by atoms with Crippen molar-refractivity contribution in [1.82, 2.24) is 10.2 Å². The van der Waals surface area contributed by atoms with Crippen molar-refractivity contribution in [1.29, 1.82) is 0 Å². The fourth-order valence-electron chi connectivity index (χ4n) is 6.39. The molecule has 1 N–H and O–H groups in total. The standard InChI is InChI=1S/C24H36N4O/c1-25-22(26-18-24(12-16-29-17-13-24)27-14-6-7-15-27)28-19-23(10-4-5-11-23)20-8-2-3-9-21(20)28/h2-3,8-9H,4-7,10-19H2,1H3,(H,25,26). The number of nitrogens with one attached hydrogen (secondary N) is 1. The molecule has 158 valence electrons. The van der Waals surface area contributed by atoms with Crippen LogP contribution in [0.4, 0.5) is 5.69 Å². The van der Waals surface area contributed by atoms with Crippen LogP contribution in [0.2, 0.25) is 0 Å². The van der Waals surface area contributed by atoms with Gasteiger partial charge in [-0.2, -0.15) is 0 Å². The third kappa shape index (κ3) is 3.36. The van der Waals surface area contributed by atoms with Crippen LogP contribution in [0.1, 0.15) is 56.9 Å². The molecule has 0 amide bonds. The number of hydrogen-bond acceptors (Lipinski definition) is 3. The van der Waals surface area contributed by atoms with Gasteiger partial charge in [0.2, 0.25) is 0 Å². The molecular formula is C24H36N4O. The van der Waals surface area contributed by atoms with Gasteiger partial charge < -0.3 is 15.0 Å². The maximum Gasteiger partial charge on any atom is 0.198 e. The van der Waals surface area contributed by atoms with E-state index in [4.69, 9.17) is 9.73 Å². The average Bonchev–Trinajstić information content (AvgIpc) is 3.52. The molecule has 1 spiro atoms. The number of hydrogen-bond donors (Lipinski definition) is 1. The summed E-state index contributed by atoms with van der Waals surface area (Å²) in [5, 5.41) is 3.82. The minimum absolute atomic E-state index is 0.217. The molecule has 1 saturated carbocycles.